The van der Waals surface area contributed by atoms with Gasteiger partial charge in [-0.3, -0.25) is 4.68 Å². The van der Waals surface area contributed by atoms with E-state index in [1.165, 1.54) is 22.0 Å². The summed E-state index contributed by atoms with van der Waals surface area (Å²) in [6.45, 7) is 3.74. The predicted octanol–water partition coefficient (Wildman–Crippen LogP) is 4.69. The molecular formula is C18H16ClF3N6S. The van der Waals surface area contributed by atoms with Gasteiger partial charge in [-0.15, -0.1) is 16.4 Å². The summed E-state index contributed by atoms with van der Waals surface area (Å²) in [5, 5.41) is 8.65. The van der Waals surface area contributed by atoms with Crippen LogP contribution < -0.4 is 0 Å². The molecule has 0 aromatic carbocycles. The molecule has 4 aromatic rings. The Bertz CT molecular complexity index is 1250. The van der Waals surface area contributed by atoms with Crippen molar-refractivity contribution in [2.45, 2.75) is 45.8 Å². The third kappa shape index (κ3) is 3.00. The van der Waals surface area contributed by atoms with Crippen molar-refractivity contribution < 1.29 is 13.2 Å². The van der Waals surface area contributed by atoms with Crippen LogP contribution in [0, 0.1) is 12.8 Å². The first-order chi connectivity index (χ1) is 13.7. The molecule has 0 saturated carbocycles. The Morgan fingerprint density at radius 1 is 1.31 bits per heavy atom. The van der Waals surface area contributed by atoms with Crippen molar-refractivity contribution in [2.24, 2.45) is 5.92 Å². The summed E-state index contributed by atoms with van der Waals surface area (Å²) in [6, 6.07) is 0. The number of fused-ring (bicyclic) bond motifs is 5. The highest BCUT2D eigenvalue weighted by Crippen LogP contribution is 2.39. The molecule has 0 fully saturated rings. The fourth-order valence-electron chi connectivity index (χ4n) is 3.84. The smallest absolute Gasteiger partial charge is 0.260 e. The van der Waals surface area contributed by atoms with Crippen LogP contribution in [0.25, 0.3) is 15.9 Å². The SMILES string of the molecule is Cc1c(Cl)c(C(F)(F)F)nn1Cc1nc2c3c4c(sc3ncn2n1)C[C@H](C)CC4. The quantitative estimate of drug-likeness (QED) is 0.453. The Morgan fingerprint density at radius 2 is 2.10 bits per heavy atom. The van der Waals surface area contributed by atoms with Crippen LogP contribution in [0.3, 0.4) is 0 Å². The lowest BCUT2D eigenvalue weighted by atomic mass is 9.89. The third-order valence-electron chi connectivity index (χ3n) is 5.37. The fraction of sp³-hybridized carbons (Fsp3) is 0.444. The molecule has 0 aliphatic heterocycles. The summed E-state index contributed by atoms with van der Waals surface area (Å²) >= 11 is 7.53. The van der Waals surface area contributed by atoms with Crippen molar-refractivity contribution in [3.8, 4) is 0 Å². The van der Waals surface area contributed by atoms with Crippen molar-refractivity contribution in [1.82, 2.24) is 29.4 Å². The number of aromatic nitrogens is 6. The van der Waals surface area contributed by atoms with Crippen LogP contribution >= 0.6 is 22.9 Å². The van der Waals surface area contributed by atoms with Gasteiger partial charge >= 0.3 is 6.18 Å². The molecule has 0 N–H and O–H groups in total. The van der Waals surface area contributed by atoms with E-state index in [1.54, 1.807) is 22.2 Å². The fourth-order valence-corrected chi connectivity index (χ4v) is 5.43. The molecule has 6 nitrogen and oxygen atoms in total. The molecule has 0 saturated heterocycles. The molecule has 4 heterocycles. The van der Waals surface area contributed by atoms with Crippen molar-refractivity contribution in [2.75, 3.05) is 0 Å². The monoisotopic (exact) mass is 440 g/mol. The zero-order valence-corrected chi connectivity index (χ0v) is 17.2. The topological polar surface area (TPSA) is 60.9 Å². The minimum absolute atomic E-state index is 0.00579. The van der Waals surface area contributed by atoms with Crippen LogP contribution in [-0.4, -0.2) is 29.4 Å². The van der Waals surface area contributed by atoms with E-state index in [0.29, 0.717) is 17.4 Å². The molecule has 1 aliphatic carbocycles. The number of alkyl halides is 3. The third-order valence-corrected chi connectivity index (χ3v) is 6.98. The molecule has 4 aromatic heterocycles. The number of rotatable bonds is 2. The van der Waals surface area contributed by atoms with Gasteiger partial charge in [0.05, 0.1) is 16.1 Å². The van der Waals surface area contributed by atoms with Crippen molar-refractivity contribution in [3.05, 3.63) is 39.0 Å². The molecule has 0 amide bonds. The first-order valence-corrected chi connectivity index (χ1v) is 10.4. The van der Waals surface area contributed by atoms with Crippen LogP contribution in [-0.2, 0) is 25.6 Å². The molecule has 0 unspecified atom stereocenters. The molecule has 0 radical (unpaired) electrons. The van der Waals surface area contributed by atoms with Gasteiger partial charge in [-0.1, -0.05) is 18.5 Å². The maximum atomic E-state index is 13.1. The molecule has 11 heteroatoms. The van der Waals surface area contributed by atoms with E-state index in [4.69, 9.17) is 11.6 Å². The lowest BCUT2D eigenvalue weighted by molar-refractivity contribution is -0.141. The van der Waals surface area contributed by atoms with Gasteiger partial charge in [-0.05, 0) is 37.7 Å². The van der Waals surface area contributed by atoms with E-state index in [9.17, 15) is 13.2 Å². The first-order valence-electron chi connectivity index (χ1n) is 9.17. The first kappa shape index (κ1) is 18.8. The molecular weight excluding hydrogens is 425 g/mol. The second-order valence-electron chi connectivity index (χ2n) is 7.48. The predicted molar refractivity (Wildman–Crippen MR) is 103 cm³/mol. The molecule has 0 bridgehead atoms. The van der Waals surface area contributed by atoms with Gasteiger partial charge in [0, 0.05) is 4.88 Å². The Hall–Kier alpha value is -2.20. The largest absolute Gasteiger partial charge is 0.436 e. The molecule has 1 aliphatic rings. The van der Waals surface area contributed by atoms with E-state index >= 15 is 0 Å². The highest BCUT2D eigenvalue weighted by molar-refractivity contribution is 7.19. The Morgan fingerprint density at radius 3 is 2.83 bits per heavy atom. The van der Waals surface area contributed by atoms with E-state index in [-0.39, 0.29) is 12.2 Å². The minimum Gasteiger partial charge on any atom is -0.260 e. The highest BCUT2D eigenvalue weighted by atomic mass is 35.5. The van der Waals surface area contributed by atoms with Crippen LogP contribution in [0.4, 0.5) is 13.2 Å². The lowest BCUT2D eigenvalue weighted by Gasteiger charge is -2.17. The van der Waals surface area contributed by atoms with E-state index in [1.807, 2.05) is 0 Å². The van der Waals surface area contributed by atoms with Crippen molar-refractivity contribution >= 4 is 38.8 Å². The van der Waals surface area contributed by atoms with Gasteiger partial charge in [0.15, 0.2) is 17.2 Å². The molecule has 29 heavy (non-hydrogen) atoms. The second-order valence-corrected chi connectivity index (χ2v) is 8.94. The average molecular weight is 441 g/mol. The Balaban J connectivity index is 1.58. The Kier molecular flexibility index (Phi) is 4.15. The highest BCUT2D eigenvalue weighted by Gasteiger charge is 2.38. The summed E-state index contributed by atoms with van der Waals surface area (Å²) in [7, 11) is 0. The van der Waals surface area contributed by atoms with Crippen molar-refractivity contribution in [3.63, 3.8) is 0 Å². The summed E-state index contributed by atoms with van der Waals surface area (Å²) in [5.74, 6) is 1.01. The van der Waals surface area contributed by atoms with Crippen LogP contribution in [0.5, 0.6) is 0 Å². The van der Waals surface area contributed by atoms with E-state index in [2.05, 4.69) is 27.1 Å². The maximum absolute atomic E-state index is 13.1. The second kappa shape index (κ2) is 6.40. The summed E-state index contributed by atoms with van der Waals surface area (Å²) < 4.78 is 42.0. The van der Waals surface area contributed by atoms with E-state index < -0.39 is 16.9 Å². The minimum atomic E-state index is -4.61. The Labute approximate surface area is 172 Å². The van der Waals surface area contributed by atoms with Crippen LogP contribution in [0.15, 0.2) is 6.33 Å². The number of nitrogens with zero attached hydrogens (tertiary/aromatic N) is 6. The van der Waals surface area contributed by atoms with Gasteiger partial charge in [0.2, 0.25) is 0 Å². The molecule has 5 rings (SSSR count). The van der Waals surface area contributed by atoms with Crippen LogP contribution in [0.2, 0.25) is 5.02 Å². The zero-order chi connectivity index (χ0) is 20.5. The van der Waals surface area contributed by atoms with Gasteiger partial charge in [-0.25, -0.2) is 14.5 Å². The maximum Gasteiger partial charge on any atom is 0.436 e. The zero-order valence-electron chi connectivity index (χ0n) is 15.6. The van der Waals surface area contributed by atoms with E-state index in [0.717, 1.165) is 29.5 Å². The number of hydrogen-bond acceptors (Lipinski definition) is 5. The summed E-state index contributed by atoms with van der Waals surface area (Å²) in [4.78, 5) is 11.4. The van der Waals surface area contributed by atoms with Gasteiger partial charge in [0.1, 0.15) is 17.7 Å². The number of aryl methyl sites for hydroxylation is 1. The molecule has 0 spiro atoms. The van der Waals surface area contributed by atoms with Gasteiger partial charge in [0.25, 0.3) is 0 Å². The number of hydrogen-bond donors (Lipinski definition) is 0. The molecule has 152 valence electrons. The summed E-state index contributed by atoms with van der Waals surface area (Å²) in [6.07, 6.45) is 0.121. The van der Waals surface area contributed by atoms with Crippen molar-refractivity contribution in [1.29, 1.82) is 0 Å². The molecule has 1 atom stereocenters. The normalized spacial score (nSPS) is 17.4. The van der Waals surface area contributed by atoms with Gasteiger partial charge < -0.3 is 0 Å². The van der Waals surface area contributed by atoms with Gasteiger partial charge in [-0.2, -0.15) is 18.3 Å². The standard InChI is InChI=1S/C18H16ClF3N6S/c1-8-3-4-10-11(5-8)29-17-13(10)16-24-12(25-28(16)7-23-17)6-27-9(2)14(19)15(26-27)18(20,21)22/h7-8H,3-6H2,1-2H3/t8-/m1/s1. The lowest BCUT2D eigenvalue weighted by Crippen LogP contribution is -2.10. The summed E-state index contributed by atoms with van der Waals surface area (Å²) in [5.41, 5.74) is 1.09. The average Bonchev–Trinajstić information content (AvgIpc) is 3.29. The number of thiophene rings is 1. The number of halogens is 4. The van der Waals surface area contributed by atoms with Crippen LogP contribution in [0.1, 0.15) is 41.0 Å².